The second kappa shape index (κ2) is 7.49. The Morgan fingerprint density at radius 3 is 2.52 bits per heavy atom. The molecule has 2 heterocycles. The van der Waals surface area contributed by atoms with Gasteiger partial charge in [0.05, 0.1) is 5.69 Å². The normalized spacial score (nSPS) is 10.7. The van der Waals surface area contributed by atoms with E-state index in [2.05, 4.69) is 15.2 Å². The predicted molar refractivity (Wildman–Crippen MR) is 99.7 cm³/mol. The third-order valence-corrected chi connectivity index (χ3v) is 4.44. The van der Waals surface area contributed by atoms with Crippen molar-refractivity contribution in [3.8, 4) is 11.3 Å². The lowest BCUT2D eigenvalue weighted by Crippen LogP contribution is -2.27. The number of halogens is 1. The van der Waals surface area contributed by atoms with Crippen molar-refractivity contribution in [2.24, 2.45) is 0 Å². The van der Waals surface area contributed by atoms with Crippen LogP contribution in [0.2, 0.25) is 5.02 Å². The number of hydrogen-bond acceptors (Lipinski definition) is 3. The highest BCUT2D eigenvalue weighted by Gasteiger charge is 2.18. The van der Waals surface area contributed by atoms with Crippen molar-refractivity contribution >= 4 is 23.3 Å². The molecule has 0 aliphatic rings. The maximum absolute atomic E-state index is 12.5. The van der Waals surface area contributed by atoms with Crippen molar-refractivity contribution in [3.63, 3.8) is 0 Å². The number of amides is 1. The number of carbonyl (C=O) groups is 1. The number of nitrogens with zero attached hydrogens (tertiary/aromatic N) is 3. The average molecular weight is 355 g/mol. The van der Waals surface area contributed by atoms with Crippen LogP contribution < -0.4 is 4.90 Å². The number of aromatic nitrogens is 3. The molecule has 0 saturated carbocycles. The van der Waals surface area contributed by atoms with E-state index in [1.54, 1.807) is 24.3 Å². The van der Waals surface area contributed by atoms with E-state index in [-0.39, 0.29) is 5.91 Å². The van der Waals surface area contributed by atoms with E-state index < -0.39 is 0 Å². The first kappa shape index (κ1) is 17.2. The molecule has 2 aromatic heterocycles. The van der Waals surface area contributed by atoms with Gasteiger partial charge in [-0.3, -0.25) is 14.9 Å². The number of nitrogens with one attached hydrogen (secondary N) is 1. The monoisotopic (exact) mass is 354 g/mol. The van der Waals surface area contributed by atoms with Crippen molar-refractivity contribution in [3.05, 3.63) is 64.9 Å². The van der Waals surface area contributed by atoms with Crippen LogP contribution in [0.4, 0.5) is 5.82 Å². The van der Waals surface area contributed by atoms with Crippen LogP contribution in [0.3, 0.4) is 0 Å². The van der Waals surface area contributed by atoms with E-state index in [0.717, 1.165) is 22.4 Å². The molecule has 0 atom stereocenters. The van der Waals surface area contributed by atoms with Gasteiger partial charge in [-0.15, -0.1) is 0 Å². The number of rotatable bonds is 5. The van der Waals surface area contributed by atoms with Gasteiger partial charge in [0.1, 0.15) is 5.82 Å². The second-order valence-corrected chi connectivity index (χ2v) is 6.30. The van der Waals surface area contributed by atoms with Gasteiger partial charge in [0.25, 0.3) is 0 Å². The summed E-state index contributed by atoms with van der Waals surface area (Å²) in [6, 6.07) is 11.4. The highest BCUT2D eigenvalue weighted by Crippen LogP contribution is 2.27. The third kappa shape index (κ3) is 3.88. The van der Waals surface area contributed by atoms with Gasteiger partial charge in [0.2, 0.25) is 5.91 Å². The van der Waals surface area contributed by atoms with Gasteiger partial charge in [0, 0.05) is 42.0 Å². The molecule has 0 aliphatic heterocycles. The summed E-state index contributed by atoms with van der Waals surface area (Å²) in [5.74, 6) is 0.746. The topological polar surface area (TPSA) is 61.9 Å². The van der Waals surface area contributed by atoms with Gasteiger partial charge < -0.3 is 4.90 Å². The Kier molecular flexibility index (Phi) is 5.14. The fourth-order valence-corrected chi connectivity index (χ4v) is 2.83. The van der Waals surface area contributed by atoms with Gasteiger partial charge >= 0.3 is 0 Å². The van der Waals surface area contributed by atoms with Crippen molar-refractivity contribution < 1.29 is 4.79 Å². The molecular formula is C19H19ClN4O. The van der Waals surface area contributed by atoms with Gasteiger partial charge in [-0.25, -0.2) is 0 Å². The van der Waals surface area contributed by atoms with Gasteiger partial charge in [-0.2, -0.15) is 5.10 Å². The fourth-order valence-electron chi connectivity index (χ4n) is 2.70. The maximum Gasteiger partial charge on any atom is 0.228 e. The smallest absolute Gasteiger partial charge is 0.228 e. The Morgan fingerprint density at radius 2 is 1.84 bits per heavy atom. The molecule has 1 aromatic carbocycles. The van der Waals surface area contributed by atoms with Crippen molar-refractivity contribution in [1.82, 2.24) is 15.2 Å². The largest absolute Gasteiger partial charge is 0.300 e. The molecule has 0 unspecified atom stereocenters. The fraction of sp³-hybridized carbons (Fsp3) is 0.211. The van der Waals surface area contributed by atoms with Gasteiger partial charge in [0.15, 0.2) is 0 Å². The third-order valence-electron chi connectivity index (χ3n) is 4.19. The molecule has 0 aliphatic carbocycles. The minimum Gasteiger partial charge on any atom is -0.300 e. The summed E-state index contributed by atoms with van der Waals surface area (Å²) in [7, 11) is 1.76. The molecule has 3 aromatic rings. The lowest BCUT2D eigenvalue weighted by atomic mass is 10.1. The van der Waals surface area contributed by atoms with E-state index in [0.29, 0.717) is 23.7 Å². The second-order valence-electron chi connectivity index (χ2n) is 5.86. The van der Waals surface area contributed by atoms with Crippen molar-refractivity contribution in [1.29, 1.82) is 0 Å². The first-order chi connectivity index (χ1) is 12.1. The van der Waals surface area contributed by atoms with Crippen LogP contribution in [0, 0.1) is 6.92 Å². The minimum absolute atomic E-state index is 0.0305. The molecule has 6 heteroatoms. The first-order valence-electron chi connectivity index (χ1n) is 8.02. The molecule has 128 valence electrons. The highest BCUT2D eigenvalue weighted by molar-refractivity contribution is 6.30. The molecule has 25 heavy (non-hydrogen) atoms. The molecule has 1 amide bonds. The number of H-pyrrole nitrogens is 1. The van der Waals surface area contributed by atoms with Crippen LogP contribution in [-0.2, 0) is 11.2 Å². The Hall–Kier alpha value is -2.66. The Bertz CT molecular complexity index is 859. The summed E-state index contributed by atoms with van der Waals surface area (Å²) in [6.07, 6.45) is 4.54. The van der Waals surface area contributed by atoms with Crippen LogP contribution in [0.15, 0.2) is 48.8 Å². The minimum atomic E-state index is 0.0305. The summed E-state index contributed by atoms with van der Waals surface area (Å²) < 4.78 is 0. The SMILES string of the molecule is Cc1c(-c2ccncc2)n[nH]c1N(C)C(=O)CCc1ccc(Cl)cc1. The summed E-state index contributed by atoms with van der Waals surface area (Å²) >= 11 is 5.88. The van der Waals surface area contributed by atoms with E-state index in [1.165, 1.54) is 0 Å². The number of aryl methyl sites for hydroxylation is 1. The average Bonchev–Trinajstić information content (AvgIpc) is 3.02. The van der Waals surface area contributed by atoms with E-state index in [4.69, 9.17) is 11.6 Å². The Morgan fingerprint density at radius 1 is 1.16 bits per heavy atom. The molecule has 0 fully saturated rings. The van der Waals surface area contributed by atoms with E-state index in [1.807, 2.05) is 43.3 Å². The standard InChI is InChI=1S/C19H19ClN4O/c1-13-18(15-9-11-21-12-10-15)22-23-19(13)24(2)17(25)8-5-14-3-6-16(20)7-4-14/h3-4,6-7,9-12H,5,8H2,1-2H3,(H,22,23). The molecule has 3 rings (SSSR count). The molecule has 5 nitrogen and oxygen atoms in total. The molecular weight excluding hydrogens is 336 g/mol. The number of pyridine rings is 1. The quantitative estimate of drug-likeness (QED) is 0.752. The molecule has 0 saturated heterocycles. The van der Waals surface area contributed by atoms with E-state index in [9.17, 15) is 4.79 Å². The van der Waals surface area contributed by atoms with Crippen molar-refractivity contribution in [2.75, 3.05) is 11.9 Å². The zero-order valence-corrected chi connectivity index (χ0v) is 14.9. The highest BCUT2D eigenvalue weighted by atomic mass is 35.5. The number of carbonyl (C=O) groups excluding carboxylic acids is 1. The van der Waals surface area contributed by atoms with E-state index >= 15 is 0 Å². The lowest BCUT2D eigenvalue weighted by Gasteiger charge is -2.16. The van der Waals surface area contributed by atoms with Gasteiger partial charge in [-0.1, -0.05) is 23.7 Å². The van der Waals surface area contributed by atoms with Crippen LogP contribution in [-0.4, -0.2) is 28.1 Å². The first-order valence-corrected chi connectivity index (χ1v) is 8.40. The zero-order chi connectivity index (χ0) is 17.8. The molecule has 0 spiro atoms. The molecule has 1 N–H and O–H groups in total. The van der Waals surface area contributed by atoms with Crippen LogP contribution in [0.1, 0.15) is 17.5 Å². The van der Waals surface area contributed by atoms with Gasteiger partial charge in [-0.05, 0) is 43.2 Å². The maximum atomic E-state index is 12.5. The summed E-state index contributed by atoms with van der Waals surface area (Å²) in [5, 5.41) is 8.03. The molecule has 0 radical (unpaired) electrons. The number of anilines is 1. The lowest BCUT2D eigenvalue weighted by molar-refractivity contribution is -0.118. The Labute approximate surface area is 151 Å². The summed E-state index contributed by atoms with van der Waals surface area (Å²) in [6.45, 7) is 1.96. The number of aromatic amines is 1. The summed E-state index contributed by atoms with van der Waals surface area (Å²) in [4.78, 5) is 18.2. The number of benzene rings is 1. The number of hydrogen-bond donors (Lipinski definition) is 1. The van der Waals surface area contributed by atoms with Crippen LogP contribution >= 0.6 is 11.6 Å². The predicted octanol–water partition coefficient (Wildman–Crippen LogP) is 4.03. The molecule has 0 bridgehead atoms. The Balaban J connectivity index is 1.70. The summed E-state index contributed by atoms with van der Waals surface area (Å²) in [5.41, 5.74) is 3.82. The van der Waals surface area contributed by atoms with Crippen LogP contribution in [0.25, 0.3) is 11.3 Å². The zero-order valence-electron chi connectivity index (χ0n) is 14.2. The van der Waals surface area contributed by atoms with Crippen LogP contribution in [0.5, 0.6) is 0 Å². The van der Waals surface area contributed by atoms with Crippen molar-refractivity contribution in [2.45, 2.75) is 19.8 Å².